The van der Waals surface area contributed by atoms with Gasteiger partial charge in [0.15, 0.2) is 0 Å². The van der Waals surface area contributed by atoms with Gasteiger partial charge in [0.2, 0.25) is 11.8 Å². The molecular weight excluding hydrogens is 332 g/mol. The molecule has 0 unspecified atom stereocenters. The van der Waals surface area contributed by atoms with Gasteiger partial charge in [-0.25, -0.2) is 9.97 Å². The van der Waals surface area contributed by atoms with Gasteiger partial charge < -0.3 is 15.0 Å². The number of ether oxygens (including phenoxy) is 1. The SMILES string of the molecule is CCOc1ncccc1C(=O)N1CCC(C(=O)Nc2ccccn2)CC1. The Morgan fingerprint density at radius 1 is 1.15 bits per heavy atom. The fourth-order valence-electron chi connectivity index (χ4n) is 2.99. The van der Waals surface area contributed by atoms with Crippen LogP contribution in [0.5, 0.6) is 5.88 Å². The van der Waals surface area contributed by atoms with Crippen LogP contribution in [0.2, 0.25) is 0 Å². The summed E-state index contributed by atoms with van der Waals surface area (Å²) in [6.07, 6.45) is 4.49. The van der Waals surface area contributed by atoms with E-state index in [0.29, 0.717) is 49.8 Å². The van der Waals surface area contributed by atoms with Gasteiger partial charge in [0.05, 0.1) is 6.61 Å². The monoisotopic (exact) mass is 354 g/mol. The van der Waals surface area contributed by atoms with E-state index in [1.54, 1.807) is 41.6 Å². The van der Waals surface area contributed by atoms with Gasteiger partial charge >= 0.3 is 0 Å². The molecule has 1 aliphatic rings. The van der Waals surface area contributed by atoms with Gasteiger partial charge in [-0.3, -0.25) is 9.59 Å². The number of rotatable bonds is 5. The maximum Gasteiger partial charge on any atom is 0.259 e. The predicted molar refractivity (Wildman–Crippen MR) is 96.9 cm³/mol. The normalized spacial score (nSPS) is 14.7. The third-order valence-corrected chi connectivity index (χ3v) is 4.35. The largest absolute Gasteiger partial charge is 0.477 e. The van der Waals surface area contributed by atoms with E-state index in [0.717, 1.165) is 0 Å². The fraction of sp³-hybridized carbons (Fsp3) is 0.368. The van der Waals surface area contributed by atoms with Crippen LogP contribution in [0.1, 0.15) is 30.1 Å². The van der Waals surface area contributed by atoms with Crippen LogP contribution < -0.4 is 10.1 Å². The van der Waals surface area contributed by atoms with Crippen molar-refractivity contribution in [3.05, 3.63) is 48.3 Å². The summed E-state index contributed by atoms with van der Waals surface area (Å²) in [5.74, 6) is 0.626. The lowest BCUT2D eigenvalue weighted by atomic mass is 9.95. The number of carbonyl (C=O) groups excluding carboxylic acids is 2. The zero-order valence-corrected chi connectivity index (χ0v) is 14.7. The van der Waals surface area contributed by atoms with Crippen molar-refractivity contribution in [1.29, 1.82) is 0 Å². The molecule has 0 saturated carbocycles. The van der Waals surface area contributed by atoms with Crippen molar-refractivity contribution in [3.63, 3.8) is 0 Å². The minimum Gasteiger partial charge on any atom is -0.477 e. The first kappa shape index (κ1) is 17.8. The van der Waals surface area contributed by atoms with E-state index in [1.807, 2.05) is 13.0 Å². The molecule has 26 heavy (non-hydrogen) atoms. The summed E-state index contributed by atoms with van der Waals surface area (Å²) in [7, 11) is 0. The lowest BCUT2D eigenvalue weighted by molar-refractivity contribution is -0.121. The van der Waals surface area contributed by atoms with E-state index < -0.39 is 0 Å². The summed E-state index contributed by atoms with van der Waals surface area (Å²) in [5.41, 5.74) is 0.464. The minimum absolute atomic E-state index is 0.0489. The van der Waals surface area contributed by atoms with Gasteiger partial charge in [-0.1, -0.05) is 6.07 Å². The van der Waals surface area contributed by atoms with Crippen molar-refractivity contribution in [2.45, 2.75) is 19.8 Å². The van der Waals surface area contributed by atoms with E-state index in [9.17, 15) is 9.59 Å². The summed E-state index contributed by atoms with van der Waals surface area (Å²) in [6, 6.07) is 8.83. The highest BCUT2D eigenvalue weighted by atomic mass is 16.5. The van der Waals surface area contributed by atoms with Gasteiger partial charge in [-0.05, 0) is 44.0 Å². The van der Waals surface area contributed by atoms with Gasteiger partial charge in [-0.15, -0.1) is 0 Å². The third kappa shape index (κ3) is 4.17. The van der Waals surface area contributed by atoms with E-state index in [-0.39, 0.29) is 17.7 Å². The zero-order chi connectivity index (χ0) is 18.4. The minimum atomic E-state index is -0.124. The van der Waals surface area contributed by atoms with Gasteiger partial charge in [-0.2, -0.15) is 0 Å². The highest BCUT2D eigenvalue weighted by Crippen LogP contribution is 2.23. The number of likely N-dealkylation sites (tertiary alicyclic amines) is 1. The number of aromatic nitrogens is 2. The summed E-state index contributed by atoms with van der Waals surface area (Å²) in [5, 5.41) is 2.83. The Hall–Kier alpha value is -2.96. The average Bonchev–Trinajstić information content (AvgIpc) is 2.69. The molecule has 0 aliphatic carbocycles. The number of anilines is 1. The molecule has 1 N–H and O–H groups in total. The summed E-state index contributed by atoms with van der Waals surface area (Å²) < 4.78 is 5.45. The van der Waals surface area contributed by atoms with E-state index in [2.05, 4.69) is 15.3 Å². The Balaban J connectivity index is 1.58. The maximum absolute atomic E-state index is 12.8. The Labute approximate surface area is 152 Å². The molecule has 2 aromatic heterocycles. The Bertz CT molecular complexity index is 758. The van der Waals surface area contributed by atoms with Crippen molar-refractivity contribution in [2.24, 2.45) is 5.92 Å². The number of pyridine rings is 2. The Kier molecular flexibility index (Phi) is 5.78. The number of hydrogen-bond acceptors (Lipinski definition) is 5. The van der Waals surface area contributed by atoms with Crippen molar-refractivity contribution in [1.82, 2.24) is 14.9 Å². The van der Waals surface area contributed by atoms with Gasteiger partial charge in [0.1, 0.15) is 11.4 Å². The predicted octanol–water partition coefficient (Wildman–Crippen LogP) is 2.37. The molecule has 0 spiro atoms. The number of nitrogens with one attached hydrogen (secondary N) is 1. The molecule has 3 heterocycles. The number of nitrogens with zero attached hydrogens (tertiary/aromatic N) is 3. The molecular formula is C19H22N4O3. The summed E-state index contributed by atoms with van der Waals surface area (Å²) in [6.45, 7) is 3.36. The topological polar surface area (TPSA) is 84.4 Å². The first-order chi connectivity index (χ1) is 12.7. The van der Waals surface area contributed by atoms with E-state index in [4.69, 9.17) is 4.74 Å². The molecule has 0 radical (unpaired) electrons. The number of piperidine rings is 1. The van der Waals surface area contributed by atoms with Crippen LogP contribution in [-0.2, 0) is 4.79 Å². The first-order valence-electron chi connectivity index (χ1n) is 8.78. The molecule has 0 bridgehead atoms. The third-order valence-electron chi connectivity index (χ3n) is 4.35. The average molecular weight is 354 g/mol. The molecule has 1 aliphatic heterocycles. The lowest BCUT2D eigenvalue weighted by Crippen LogP contribution is -2.41. The molecule has 2 aromatic rings. The second-order valence-electron chi connectivity index (χ2n) is 6.06. The van der Waals surface area contributed by atoms with E-state index >= 15 is 0 Å². The second kappa shape index (κ2) is 8.42. The van der Waals surface area contributed by atoms with Crippen LogP contribution in [0.4, 0.5) is 5.82 Å². The molecule has 0 atom stereocenters. The smallest absolute Gasteiger partial charge is 0.259 e. The molecule has 7 nitrogen and oxygen atoms in total. The molecule has 3 rings (SSSR count). The maximum atomic E-state index is 12.8. The highest BCUT2D eigenvalue weighted by Gasteiger charge is 2.29. The summed E-state index contributed by atoms with van der Waals surface area (Å²) in [4.78, 5) is 35.1. The number of carbonyl (C=O) groups is 2. The fourth-order valence-corrected chi connectivity index (χ4v) is 2.99. The number of amides is 2. The quantitative estimate of drug-likeness (QED) is 0.891. The molecule has 7 heteroatoms. The van der Waals surface area contributed by atoms with E-state index in [1.165, 1.54) is 0 Å². The Morgan fingerprint density at radius 2 is 1.92 bits per heavy atom. The molecule has 1 fully saturated rings. The van der Waals surface area contributed by atoms with Gasteiger partial charge in [0, 0.05) is 31.4 Å². The lowest BCUT2D eigenvalue weighted by Gasteiger charge is -2.31. The molecule has 2 amide bonds. The first-order valence-corrected chi connectivity index (χ1v) is 8.78. The molecule has 136 valence electrons. The van der Waals surface area contributed by atoms with Crippen molar-refractivity contribution in [3.8, 4) is 5.88 Å². The van der Waals surface area contributed by atoms with Crippen LogP contribution in [0.15, 0.2) is 42.7 Å². The van der Waals surface area contributed by atoms with Crippen molar-refractivity contribution >= 4 is 17.6 Å². The van der Waals surface area contributed by atoms with Gasteiger partial charge in [0.25, 0.3) is 5.91 Å². The van der Waals surface area contributed by atoms with Crippen molar-refractivity contribution in [2.75, 3.05) is 25.0 Å². The highest BCUT2D eigenvalue weighted by molar-refractivity contribution is 5.97. The second-order valence-corrected chi connectivity index (χ2v) is 6.06. The Morgan fingerprint density at radius 3 is 2.62 bits per heavy atom. The van der Waals surface area contributed by atoms with Crippen LogP contribution in [0.3, 0.4) is 0 Å². The summed E-state index contributed by atoms with van der Waals surface area (Å²) >= 11 is 0. The standard InChI is InChI=1S/C19H22N4O3/c1-2-26-18-15(6-5-11-21-18)19(25)23-12-8-14(9-13-23)17(24)22-16-7-3-4-10-20-16/h3-7,10-11,14H,2,8-9,12-13H2,1H3,(H,20,22,24). The van der Waals surface area contributed by atoms with Crippen LogP contribution in [-0.4, -0.2) is 46.4 Å². The molecule has 0 aromatic carbocycles. The van der Waals surface area contributed by atoms with Crippen LogP contribution in [0.25, 0.3) is 0 Å². The molecule has 1 saturated heterocycles. The zero-order valence-electron chi connectivity index (χ0n) is 14.7. The van der Waals surface area contributed by atoms with Crippen LogP contribution in [0, 0.1) is 5.92 Å². The van der Waals surface area contributed by atoms with Crippen LogP contribution >= 0.6 is 0 Å². The van der Waals surface area contributed by atoms with Crippen molar-refractivity contribution < 1.29 is 14.3 Å². The number of hydrogen-bond donors (Lipinski definition) is 1.